The highest BCUT2D eigenvalue weighted by Crippen LogP contribution is 2.30. The fraction of sp³-hybridized carbons (Fsp3) is 0.346. The second-order valence-corrected chi connectivity index (χ2v) is 11.0. The van der Waals surface area contributed by atoms with Crippen LogP contribution in [-0.4, -0.2) is 48.9 Å². The summed E-state index contributed by atoms with van der Waals surface area (Å²) in [6, 6.07) is 13.4. The zero-order chi connectivity index (χ0) is 25.3. The second-order valence-electron chi connectivity index (χ2n) is 9.33. The number of sulfonamides is 1. The average molecular weight is 495 g/mol. The number of fused-ring (bicyclic) bond motifs is 4. The number of hydrogen-bond donors (Lipinski definition) is 1. The molecule has 0 radical (unpaired) electrons. The van der Waals surface area contributed by atoms with Crippen molar-refractivity contribution in [1.29, 1.82) is 0 Å². The van der Waals surface area contributed by atoms with Crippen LogP contribution in [0.15, 0.2) is 53.4 Å². The lowest BCUT2D eigenvalue weighted by Crippen LogP contribution is -2.41. The summed E-state index contributed by atoms with van der Waals surface area (Å²) in [7, 11) is -2.34. The summed E-state index contributed by atoms with van der Waals surface area (Å²) in [6.45, 7) is 8.32. The van der Waals surface area contributed by atoms with Gasteiger partial charge in [-0.2, -0.15) is 4.98 Å². The van der Waals surface area contributed by atoms with Gasteiger partial charge in [0.1, 0.15) is 6.61 Å². The topological polar surface area (TPSA) is 101 Å². The van der Waals surface area contributed by atoms with Crippen molar-refractivity contribution < 1.29 is 17.9 Å². The van der Waals surface area contributed by atoms with Gasteiger partial charge >= 0.3 is 0 Å². The number of rotatable bonds is 3. The molecule has 8 nitrogen and oxygen atoms in total. The maximum Gasteiger partial charge on any atom is 0.264 e. The molecule has 0 saturated carbocycles. The Hall–Kier alpha value is -3.46. The van der Waals surface area contributed by atoms with Crippen molar-refractivity contribution in [3.63, 3.8) is 0 Å². The second kappa shape index (κ2) is 9.65. The monoisotopic (exact) mass is 494 g/mol. The SMILES string of the molecule is Cc1cccc(C)c1-c1cc2nc(n1)NS(=O)(=O)c1cccc(c1)C(=O)N(C)[C@H](CC(C)C)CO2. The molecule has 3 aromatic rings. The van der Waals surface area contributed by atoms with E-state index < -0.39 is 10.0 Å². The van der Waals surface area contributed by atoms with Crippen molar-refractivity contribution in [3.8, 4) is 17.1 Å². The molecule has 1 N–H and O–H groups in total. The zero-order valence-corrected chi connectivity index (χ0v) is 21.4. The zero-order valence-electron chi connectivity index (χ0n) is 20.6. The molecule has 184 valence electrons. The summed E-state index contributed by atoms with van der Waals surface area (Å²) in [6.07, 6.45) is 0.709. The highest BCUT2D eigenvalue weighted by molar-refractivity contribution is 7.92. The van der Waals surface area contributed by atoms with E-state index in [1.165, 1.54) is 12.1 Å². The molecule has 4 bridgehead atoms. The minimum atomic E-state index is -4.05. The molecule has 0 unspecified atom stereocenters. The standard InChI is InChI=1S/C26H30N4O4S/c1-16(2)12-20-15-34-23-14-22(24-17(3)8-6-9-18(24)4)27-26(28-23)29-35(32,33)21-11-7-10-19(13-21)25(31)30(20)5/h6-11,13-14,16,20H,12,15H2,1-5H3,(H,27,28,29)/t20-/m1/s1. The minimum Gasteiger partial charge on any atom is -0.475 e. The summed E-state index contributed by atoms with van der Waals surface area (Å²) in [5.74, 6) is 0.180. The van der Waals surface area contributed by atoms with Crippen LogP contribution in [0.5, 0.6) is 5.88 Å². The van der Waals surface area contributed by atoms with Gasteiger partial charge in [0.15, 0.2) is 0 Å². The molecule has 0 saturated heterocycles. The van der Waals surface area contributed by atoms with Crippen LogP contribution < -0.4 is 9.46 Å². The number of likely N-dealkylation sites (N-methyl/N-ethyl adjacent to an activating group) is 1. The lowest BCUT2D eigenvalue weighted by atomic mass is 10.00. The summed E-state index contributed by atoms with van der Waals surface area (Å²) in [4.78, 5) is 23.7. The molecule has 1 aromatic heterocycles. The first-order chi connectivity index (χ1) is 16.5. The molecule has 0 spiro atoms. The Labute approximate surface area is 206 Å². The summed E-state index contributed by atoms with van der Waals surface area (Å²) in [5.41, 5.74) is 3.72. The number of carbonyl (C=O) groups is 1. The number of benzene rings is 2. The number of aromatic nitrogens is 2. The molecule has 1 atom stereocenters. The number of carbonyl (C=O) groups excluding carboxylic acids is 1. The van der Waals surface area contributed by atoms with Gasteiger partial charge in [0.2, 0.25) is 11.8 Å². The fourth-order valence-electron chi connectivity index (χ4n) is 4.30. The first-order valence-corrected chi connectivity index (χ1v) is 13.0. The summed E-state index contributed by atoms with van der Waals surface area (Å²) >= 11 is 0. The third kappa shape index (κ3) is 5.30. The van der Waals surface area contributed by atoms with Crippen LogP contribution >= 0.6 is 0 Å². The van der Waals surface area contributed by atoms with Crippen LogP contribution in [0.1, 0.15) is 41.8 Å². The first-order valence-electron chi connectivity index (χ1n) is 11.5. The molecule has 1 aliphatic heterocycles. The van der Waals surface area contributed by atoms with E-state index in [1.807, 2.05) is 32.0 Å². The Morgan fingerprint density at radius 3 is 2.46 bits per heavy atom. The van der Waals surface area contributed by atoms with E-state index in [0.29, 0.717) is 18.0 Å². The first kappa shape index (κ1) is 24.7. The van der Waals surface area contributed by atoms with Crippen LogP contribution in [-0.2, 0) is 10.0 Å². The van der Waals surface area contributed by atoms with Crippen molar-refractivity contribution >= 4 is 21.9 Å². The van der Waals surface area contributed by atoms with E-state index in [-0.39, 0.29) is 40.8 Å². The minimum absolute atomic E-state index is 0.0417. The molecule has 2 heterocycles. The molecule has 2 aromatic carbocycles. The Kier molecular flexibility index (Phi) is 6.80. The number of anilines is 1. The summed E-state index contributed by atoms with van der Waals surface area (Å²) < 4.78 is 34.9. The predicted octanol–water partition coefficient (Wildman–Crippen LogP) is 4.44. The smallest absolute Gasteiger partial charge is 0.264 e. The lowest BCUT2D eigenvalue weighted by molar-refractivity contribution is 0.0646. The van der Waals surface area contributed by atoms with E-state index in [0.717, 1.165) is 16.7 Å². The van der Waals surface area contributed by atoms with Crippen molar-refractivity contribution in [2.24, 2.45) is 5.92 Å². The van der Waals surface area contributed by atoms with E-state index >= 15 is 0 Å². The Balaban J connectivity index is 1.88. The molecule has 1 amide bonds. The normalized spacial score (nSPS) is 17.6. The Morgan fingerprint density at radius 2 is 1.77 bits per heavy atom. The fourth-order valence-corrected chi connectivity index (χ4v) is 5.29. The largest absolute Gasteiger partial charge is 0.475 e. The van der Waals surface area contributed by atoms with E-state index in [4.69, 9.17) is 4.74 Å². The van der Waals surface area contributed by atoms with Gasteiger partial charge in [0, 0.05) is 24.2 Å². The number of nitrogens with zero attached hydrogens (tertiary/aromatic N) is 3. The molecule has 0 fully saturated rings. The van der Waals surface area contributed by atoms with Crippen LogP contribution in [0.3, 0.4) is 0 Å². The van der Waals surface area contributed by atoms with Crippen LogP contribution in [0.2, 0.25) is 0 Å². The van der Waals surface area contributed by atoms with Gasteiger partial charge in [-0.05, 0) is 55.5 Å². The molecule has 1 aliphatic rings. The number of hydrogen-bond acceptors (Lipinski definition) is 6. The number of aryl methyl sites for hydroxylation is 2. The van der Waals surface area contributed by atoms with Crippen LogP contribution in [0.4, 0.5) is 5.95 Å². The number of amides is 1. The van der Waals surface area contributed by atoms with Gasteiger partial charge in [-0.15, -0.1) is 0 Å². The maximum absolute atomic E-state index is 13.2. The van der Waals surface area contributed by atoms with Gasteiger partial charge in [0.05, 0.1) is 16.6 Å². The molecule has 35 heavy (non-hydrogen) atoms. The third-order valence-corrected chi connectivity index (χ3v) is 7.42. The summed E-state index contributed by atoms with van der Waals surface area (Å²) in [5, 5.41) is 0. The Bertz CT molecular complexity index is 1350. The van der Waals surface area contributed by atoms with E-state index in [9.17, 15) is 13.2 Å². The molecular weight excluding hydrogens is 464 g/mol. The quantitative estimate of drug-likeness (QED) is 0.578. The maximum atomic E-state index is 13.2. The Morgan fingerprint density at radius 1 is 1.09 bits per heavy atom. The number of ether oxygens (including phenoxy) is 1. The van der Waals surface area contributed by atoms with Crippen molar-refractivity contribution in [3.05, 3.63) is 65.2 Å². The van der Waals surface area contributed by atoms with Crippen molar-refractivity contribution in [2.75, 3.05) is 18.4 Å². The molecule has 4 rings (SSSR count). The molecule has 0 aliphatic carbocycles. The number of nitrogens with one attached hydrogen (secondary N) is 1. The van der Waals surface area contributed by atoms with Crippen molar-refractivity contribution in [2.45, 2.75) is 45.1 Å². The van der Waals surface area contributed by atoms with Crippen LogP contribution in [0, 0.1) is 19.8 Å². The van der Waals surface area contributed by atoms with Crippen LogP contribution in [0.25, 0.3) is 11.3 Å². The highest BCUT2D eigenvalue weighted by Gasteiger charge is 2.26. The van der Waals surface area contributed by atoms with Gasteiger partial charge in [-0.25, -0.2) is 18.1 Å². The average Bonchev–Trinajstić information content (AvgIpc) is 2.80. The highest BCUT2D eigenvalue weighted by atomic mass is 32.2. The molecular formula is C26H30N4O4S. The predicted molar refractivity (Wildman–Crippen MR) is 135 cm³/mol. The van der Waals surface area contributed by atoms with Crippen molar-refractivity contribution in [1.82, 2.24) is 14.9 Å². The third-order valence-electron chi connectivity index (χ3n) is 6.09. The van der Waals surface area contributed by atoms with Gasteiger partial charge in [0.25, 0.3) is 15.9 Å². The van der Waals surface area contributed by atoms with E-state index in [2.05, 4.69) is 28.5 Å². The van der Waals surface area contributed by atoms with Gasteiger partial charge in [-0.3, -0.25) is 4.79 Å². The lowest BCUT2D eigenvalue weighted by Gasteiger charge is -2.29. The molecule has 9 heteroatoms. The van der Waals surface area contributed by atoms with Gasteiger partial charge < -0.3 is 9.64 Å². The van der Waals surface area contributed by atoms with Gasteiger partial charge in [-0.1, -0.05) is 38.1 Å². The van der Waals surface area contributed by atoms with E-state index in [1.54, 1.807) is 30.1 Å².